The van der Waals surface area contributed by atoms with Gasteiger partial charge in [-0.3, -0.25) is 15.0 Å². The minimum Gasteiger partial charge on any atom is -0.492 e. The molecule has 0 saturated carbocycles. The Hall–Kier alpha value is -3.50. The van der Waals surface area contributed by atoms with Gasteiger partial charge in [0.1, 0.15) is 30.2 Å². The third kappa shape index (κ3) is 5.85. The number of nitro groups is 1. The summed E-state index contributed by atoms with van der Waals surface area (Å²) in [5.41, 5.74) is 2.13. The Morgan fingerprint density at radius 2 is 1.94 bits per heavy atom. The number of morpholine rings is 1. The molecule has 3 aromatic rings. The Bertz CT molecular complexity index is 1090. The van der Waals surface area contributed by atoms with Gasteiger partial charge in [-0.05, 0) is 30.7 Å². The van der Waals surface area contributed by atoms with Crippen LogP contribution in [0.4, 0.5) is 17.2 Å². The average Bonchev–Trinajstić information content (AvgIpc) is 2.84. The van der Waals surface area contributed by atoms with Crippen LogP contribution in [-0.4, -0.2) is 65.8 Å². The average molecular weight is 453 g/mol. The summed E-state index contributed by atoms with van der Waals surface area (Å²) >= 11 is 0. The van der Waals surface area contributed by atoms with Crippen LogP contribution in [-0.2, 0) is 11.3 Å². The van der Waals surface area contributed by atoms with E-state index in [-0.39, 0.29) is 5.69 Å². The molecule has 0 unspecified atom stereocenters. The van der Waals surface area contributed by atoms with E-state index in [0.717, 1.165) is 44.2 Å². The molecule has 174 valence electrons. The minimum absolute atomic E-state index is 0.000723. The van der Waals surface area contributed by atoms with Crippen molar-refractivity contribution in [1.82, 2.24) is 14.9 Å². The summed E-state index contributed by atoms with van der Waals surface area (Å²) in [6, 6.07) is 11.1. The molecule has 0 spiro atoms. The van der Waals surface area contributed by atoms with Gasteiger partial charge in [-0.2, -0.15) is 0 Å². The van der Waals surface area contributed by atoms with Gasteiger partial charge in [0.2, 0.25) is 0 Å². The Balaban J connectivity index is 1.38. The molecular formula is C23H28N6O4. The van der Waals surface area contributed by atoms with Crippen molar-refractivity contribution in [1.29, 1.82) is 0 Å². The number of anilines is 2. The van der Waals surface area contributed by atoms with Crippen molar-refractivity contribution in [3.8, 4) is 5.75 Å². The molecule has 1 aromatic heterocycles. The third-order valence-corrected chi connectivity index (χ3v) is 5.48. The molecule has 0 atom stereocenters. The van der Waals surface area contributed by atoms with Crippen molar-refractivity contribution in [2.45, 2.75) is 13.5 Å². The zero-order valence-electron chi connectivity index (χ0n) is 18.6. The van der Waals surface area contributed by atoms with Gasteiger partial charge < -0.3 is 20.1 Å². The number of hydrogen-bond donors (Lipinski definition) is 2. The van der Waals surface area contributed by atoms with E-state index in [1.165, 1.54) is 12.4 Å². The van der Waals surface area contributed by atoms with E-state index in [0.29, 0.717) is 42.1 Å². The van der Waals surface area contributed by atoms with E-state index in [1.54, 1.807) is 6.07 Å². The molecule has 0 amide bonds. The third-order valence-electron chi connectivity index (χ3n) is 5.48. The van der Waals surface area contributed by atoms with Crippen molar-refractivity contribution < 1.29 is 14.4 Å². The monoisotopic (exact) mass is 452 g/mol. The first-order valence-corrected chi connectivity index (χ1v) is 11.1. The van der Waals surface area contributed by atoms with Crippen LogP contribution in [0.15, 0.2) is 42.7 Å². The van der Waals surface area contributed by atoms with E-state index in [1.807, 2.05) is 31.2 Å². The van der Waals surface area contributed by atoms with Crippen molar-refractivity contribution in [3.63, 3.8) is 0 Å². The molecule has 0 radical (unpaired) electrons. The second-order valence-electron chi connectivity index (χ2n) is 7.70. The predicted octanol–water partition coefficient (Wildman–Crippen LogP) is 3.29. The van der Waals surface area contributed by atoms with Crippen molar-refractivity contribution in [2.24, 2.45) is 0 Å². The second kappa shape index (κ2) is 10.9. The summed E-state index contributed by atoms with van der Waals surface area (Å²) in [4.78, 5) is 22.0. The smallest absolute Gasteiger partial charge is 0.293 e. The highest BCUT2D eigenvalue weighted by Gasteiger charge is 2.17. The first-order valence-electron chi connectivity index (χ1n) is 11.1. The second-order valence-corrected chi connectivity index (χ2v) is 7.70. The summed E-state index contributed by atoms with van der Waals surface area (Å²) in [7, 11) is 0. The number of nitro benzene ring substituents is 1. The maximum absolute atomic E-state index is 11.5. The Morgan fingerprint density at radius 1 is 1.15 bits per heavy atom. The Kier molecular flexibility index (Phi) is 7.48. The molecule has 0 aliphatic carbocycles. The first-order chi connectivity index (χ1) is 16.1. The molecular weight excluding hydrogens is 424 g/mol. The summed E-state index contributed by atoms with van der Waals surface area (Å²) in [5, 5.41) is 18.4. The predicted molar refractivity (Wildman–Crippen MR) is 127 cm³/mol. The number of fused-ring (bicyclic) bond motifs is 1. The topological polar surface area (TPSA) is 115 Å². The molecule has 4 rings (SSSR count). The highest BCUT2D eigenvalue weighted by Crippen LogP contribution is 2.32. The first kappa shape index (κ1) is 22.7. The van der Waals surface area contributed by atoms with Gasteiger partial charge in [-0.1, -0.05) is 12.1 Å². The molecule has 10 heteroatoms. The summed E-state index contributed by atoms with van der Waals surface area (Å²) in [5.74, 6) is 1.38. The van der Waals surface area contributed by atoms with Crippen LogP contribution in [0.2, 0.25) is 0 Å². The zero-order chi connectivity index (χ0) is 23.0. The van der Waals surface area contributed by atoms with Gasteiger partial charge in [0.25, 0.3) is 5.69 Å². The molecule has 1 aliphatic rings. The van der Waals surface area contributed by atoms with Crippen LogP contribution in [0.1, 0.15) is 12.5 Å². The van der Waals surface area contributed by atoms with E-state index >= 15 is 0 Å². The van der Waals surface area contributed by atoms with Crippen LogP contribution in [0.5, 0.6) is 5.75 Å². The van der Waals surface area contributed by atoms with Crippen molar-refractivity contribution in [3.05, 3.63) is 58.4 Å². The number of aromatic nitrogens is 2. The SMILES string of the molecule is CCNc1cc2ncnc(NCc3ccc(OCCN4CCOCC4)cc3)c2cc1[N+](=O)[O-]. The standard InChI is InChI=1S/C23H28N6O4/c1-2-24-21-14-20-19(13-22(21)29(30)31)23(27-16-26-20)25-15-17-3-5-18(6-4-17)33-12-9-28-7-10-32-11-8-28/h3-6,13-14,16,24H,2,7-12,15H2,1H3,(H,25,26,27). The summed E-state index contributed by atoms with van der Waals surface area (Å²) < 4.78 is 11.2. The maximum atomic E-state index is 11.5. The van der Waals surface area contributed by atoms with Gasteiger partial charge >= 0.3 is 0 Å². The number of rotatable bonds is 10. The number of hydrogen-bond acceptors (Lipinski definition) is 9. The van der Waals surface area contributed by atoms with Crippen LogP contribution in [0.25, 0.3) is 10.9 Å². The van der Waals surface area contributed by atoms with E-state index in [2.05, 4.69) is 25.5 Å². The summed E-state index contributed by atoms with van der Waals surface area (Å²) in [6.07, 6.45) is 1.46. The highest BCUT2D eigenvalue weighted by molar-refractivity contribution is 5.94. The lowest BCUT2D eigenvalue weighted by Gasteiger charge is -2.26. The minimum atomic E-state index is -0.397. The Morgan fingerprint density at radius 3 is 2.67 bits per heavy atom. The fourth-order valence-electron chi connectivity index (χ4n) is 3.72. The van der Waals surface area contributed by atoms with Gasteiger partial charge in [0, 0.05) is 44.2 Å². The van der Waals surface area contributed by atoms with Gasteiger partial charge in [0.15, 0.2) is 0 Å². The fourth-order valence-corrected chi connectivity index (χ4v) is 3.72. The molecule has 2 N–H and O–H groups in total. The Labute approximate surface area is 192 Å². The normalized spacial score (nSPS) is 14.2. The van der Waals surface area contributed by atoms with Crippen LogP contribution < -0.4 is 15.4 Å². The number of nitrogens with one attached hydrogen (secondary N) is 2. The molecule has 1 fully saturated rings. The molecule has 2 aromatic carbocycles. The largest absolute Gasteiger partial charge is 0.492 e. The highest BCUT2D eigenvalue weighted by atomic mass is 16.6. The van der Waals surface area contributed by atoms with Gasteiger partial charge in [-0.15, -0.1) is 0 Å². The van der Waals surface area contributed by atoms with Gasteiger partial charge in [0.05, 0.1) is 23.7 Å². The lowest BCUT2D eigenvalue weighted by atomic mass is 10.1. The number of benzene rings is 2. The molecule has 10 nitrogen and oxygen atoms in total. The molecule has 2 heterocycles. The fraction of sp³-hybridized carbons (Fsp3) is 0.391. The van der Waals surface area contributed by atoms with Crippen molar-refractivity contribution >= 4 is 28.1 Å². The number of ether oxygens (including phenoxy) is 2. The van der Waals surface area contributed by atoms with E-state index in [4.69, 9.17) is 9.47 Å². The van der Waals surface area contributed by atoms with E-state index in [9.17, 15) is 10.1 Å². The molecule has 0 bridgehead atoms. The van der Waals surface area contributed by atoms with Gasteiger partial charge in [-0.25, -0.2) is 9.97 Å². The van der Waals surface area contributed by atoms with Crippen LogP contribution >= 0.6 is 0 Å². The van der Waals surface area contributed by atoms with Crippen LogP contribution in [0, 0.1) is 10.1 Å². The lowest BCUT2D eigenvalue weighted by molar-refractivity contribution is -0.383. The summed E-state index contributed by atoms with van der Waals surface area (Å²) in [6.45, 7) is 7.98. The number of nitrogens with zero attached hydrogens (tertiary/aromatic N) is 4. The van der Waals surface area contributed by atoms with Crippen LogP contribution in [0.3, 0.4) is 0 Å². The maximum Gasteiger partial charge on any atom is 0.293 e. The van der Waals surface area contributed by atoms with E-state index < -0.39 is 4.92 Å². The molecule has 1 saturated heterocycles. The molecule has 33 heavy (non-hydrogen) atoms. The zero-order valence-corrected chi connectivity index (χ0v) is 18.6. The molecule has 1 aliphatic heterocycles. The van der Waals surface area contributed by atoms with Crippen molar-refractivity contribution in [2.75, 3.05) is 56.6 Å². The lowest BCUT2D eigenvalue weighted by Crippen LogP contribution is -2.38. The quantitative estimate of drug-likeness (QED) is 0.353.